The van der Waals surface area contributed by atoms with Gasteiger partial charge in [0.05, 0.1) is 10.6 Å². The van der Waals surface area contributed by atoms with Gasteiger partial charge in [-0.2, -0.15) is 0 Å². The molecule has 2 aromatic rings. The summed E-state index contributed by atoms with van der Waals surface area (Å²) in [4.78, 5) is 14.6. The van der Waals surface area contributed by atoms with Gasteiger partial charge in [0.1, 0.15) is 5.75 Å². The van der Waals surface area contributed by atoms with E-state index in [-0.39, 0.29) is 11.7 Å². The molecule has 0 aromatic heterocycles. The molecule has 0 aliphatic carbocycles. The molecule has 0 unspecified atom stereocenters. The molecular formula is C16H11NO2S2. The molecule has 1 aliphatic heterocycles. The standard InChI is InChI=1S/C16H11NO2S2/c18-13-8-6-11(7-9-13)10-14-15(19)17(16(20)21-14)12-4-2-1-3-5-12/h1-10,18H/b14-10-. The van der Waals surface area contributed by atoms with Crippen LogP contribution in [0.1, 0.15) is 5.56 Å². The van der Waals surface area contributed by atoms with Crippen LogP contribution in [0.4, 0.5) is 5.69 Å². The second-order valence-electron chi connectivity index (χ2n) is 4.44. The molecular weight excluding hydrogens is 302 g/mol. The Bertz CT molecular complexity index is 724. The molecule has 0 atom stereocenters. The average Bonchev–Trinajstić information content (AvgIpc) is 2.77. The van der Waals surface area contributed by atoms with E-state index in [4.69, 9.17) is 12.2 Å². The van der Waals surface area contributed by atoms with Crippen molar-refractivity contribution in [2.75, 3.05) is 4.90 Å². The van der Waals surface area contributed by atoms with Gasteiger partial charge in [-0.05, 0) is 35.9 Å². The van der Waals surface area contributed by atoms with Gasteiger partial charge in [-0.1, -0.05) is 54.3 Å². The number of thioether (sulfide) groups is 1. The van der Waals surface area contributed by atoms with E-state index in [1.807, 2.05) is 30.3 Å². The number of hydrogen-bond acceptors (Lipinski definition) is 4. The highest BCUT2D eigenvalue weighted by Crippen LogP contribution is 2.35. The maximum absolute atomic E-state index is 12.5. The van der Waals surface area contributed by atoms with E-state index in [1.54, 1.807) is 30.3 Å². The number of nitrogens with zero attached hydrogens (tertiary/aromatic N) is 1. The first-order valence-corrected chi connectivity index (χ1v) is 7.50. The average molecular weight is 313 g/mol. The van der Waals surface area contributed by atoms with Crippen molar-refractivity contribution in [1.29, 1.82) is 0 Å². The maximum atomic E-state index is 12.5. The molecule has 0 spiro atoms. The monoisotopic (exact) mass is 313 g/mol. The summed E-state index contributed by atoms with van der Waals surface area (Å²) in [6.45, 7) is 0. The number of phenolic OH excluding ortho intramolecular Hbond substituents is 1. The quantitative estimate of drug-likeness (QED) is 0.676. The smallest absolute Gasteiger partial charge is 0.270 e. The van der Waals surface area contributed by atoms with Crippen molar-refractivity contribution in [3.63, 3.8) is 0 Å². The van der Waals surface area contributed by atoms with Gasteiger partial charge in [-0.25, -0.2) is 0 Å². The summed E-state index contributed by atoms with van der Waals surface area (Å²) >= 11 is 6.58. The van der Waals surface area contributed by atoms with Crippen molar-refractivity contribution in [2.24, 2.45) is 0 Å². The third-order valence-corrected chi connectivity index (χ3v) is 4.30. The zero-order valence-corrected chi connectivity index (χ0v) is 12.5. The van der Waals surface area contributed by atoms with Crippen molar-refractivity contribution < 1.29 is 9.90 Å². The fourth-order valence-corrected chi connectivity index (χ4v) is 3.29. The Balaban J connectivity index is 1.92. The van der Waals surface area contributed by atoms with Crippen LogP contribution in [-0.4, -0.2) is 15.3 Å². The lowest BCUT2D eigenvalue weighted by atomic mass is 10.2. The van der Waals surface area contributed by atoms with E-state index in [0.29, 0.717) is 9.23 Å². The molecule has 3 rings (SSSR count). The first kappa shape index (κ1) is 13.9. The Morgan fingerprint density at radius 3 is 2.38 bits per heavy atom. The van der Waals surface area contributed by atoms with Gasteiger partial charge < -0.3 is 5.11 Å². The zero-order chi connectivity index (χ0) is 14.8. The summed E-state index contributed by atoms with van der Waals surface area (Å²) in [5.41, 5.74) is 1.62. The molecule has 21 heavy (non-hydrogen) atoms. The van der Waals surface area contributed by atoms with Crippen molar-refractivity contribution in [1.82, 2.24) is 0 Å². The van der Waals surface area contributed by atoms with Crippen LogP contribution in [0.25, 0.3) is 6.08 Å². The van der Waals surface area contributed by atoms with Gasteiger partial charge in [-0.15, -0.1) is 0 Å². The van der Waals surface area contributed by atoms with Gasteiger partial charge in [0, 0.05) is 0 Å². The summed E-state index contributed by atoms with van der Waals surface area (Å²) in [5, 5.41) is 9.28. The minimum Gasteiger partial charge on any atom is -0.508 e. The van der Waals surface area contributed by atoms with Crippen LogP contribution in [0.3, 0.4) is 0 Å². The minimum atomic E-state index is -0.121. The van der Waals surface area contributed by atoms with Crippen LogP contribution in [0, 0.1) is 0 Å². The first-order valence-electron chi connectivity index (χ1n) is 6.27. The summed E-state index contributed by atoms with van der Waals surface area (Å²) in [6, 6.07) is 16.0. The molecule has 1 fully saturated rings. The Kier molecular flexibility index (Phi) is 3.77. The lowest BCUT2D eigenvalue weighted by Gasteiger charge is -2.13. The number of phenols is 1. The lowest BCUT2D eigenvalue weighted by molar-refractivity contribution is -0.113. The molecule has 1 N–H and O–H groups in total. The Morgan fingerprint density at radius 1 is 1.05 bits per heavy atom. The molecule has 1 heterocycles. The molecule has 1 amide bonds. The van der Waals surface area contributed by atoms with Gasteiger partial charge in [0.2, 0.25) is 0 Å². The molecule has 0 bridgehead atoms. The molecule has 1 aliphatic rings. The van der Waals surface area contributed by atoms with E-state index >= 15 is 0 Å². The normalized spacial score (nSPS) is 16.8. The third kappa shape index (κ3) is 2.84. The molecule has 3 nitrogen and oxygen atoms in total. The van der Waals surface area contributed by atoms with Crippen LogP contribution in [0.5, 0.6) is 5.75 Å². The number of anilines is 1. The summed E-state index contributed by atoms with van der Waals surface area (Å²) in [5.74, 6) is 0.0771. The SMILES string of the molecule is O=C1/C(=C/c2ccc(O)cc2)SC(=S)N1c1ccccc1. The number of hydrogen-bond donors (Lipinski definition) is 1. The Hall–Kier alpha value is -2.11. The molecule has 5 heteroatoms. The van der Waals surface area contributed by atoms with E-state index in [2.05, 4.69) is 0 Å². The third-order valence-electron chi connectivity index (χ3n) is 3.00. The van der Waals surface area contributed by atoms with Crippen LogP contribution in [0.15, 0.2) is 59.5 Å². The highest BCUT2D eigenvalue weighted by Gasteiger charge is 2.33. The fourth-order valence-electron chi connectivity index (χ4n) is 1.99. The predicted octanol–water partition coefficient (Wildman–Crippen LogP) is 3.80. The van der Waals surface area contributed by atoms with Crippen molar-refractivity contribution in [2.45, 2.75) is 0 Å². The second kappa shape index (κ2) is 5.71. The number of benzene rings is 2. The predicted molar refractivity (Wildman–Crippen MR) is 90.2 cm³/mol. The van der Waals surface area contributed by atoms with Gasteiger partial charge >= 0.3 is 0 Å². The largest absolute Gasteiger partial charge is 0.508 e. The van der Waals surface area contributed by atoms with Crippen molar-refractivity contribution in [3.05, 3.63) is 65.1 Å². The number of aromatic hydroxyl groups is 1. The molecule has 0 saturated carbocycles. The highest BCUT2D eigenvalue weighted by molar-refractivity contribution is 8.27. The Morgan fingerprint density at radius 2 is 1.71 bits per heavy atom. The molecule has 2 aromatic carbocycles. The number of amides is 1. The fraction of sp³-hybridized carbons (Fsp3) is 0. The van der Waals surface area contributed by atoms with Gasteiger partial charge in [0.25, 0.3) is 5.91 Å². The minimum absolute atomic E-state index is 0.121. The summed E-state index contributed by atoms with van der Waals surface area (Å²) in [7, 11) is 0. The molecule has 104 valence electrons. The zero-order valence-electron chi connectivity index (χ0n) is 10.9. The number of rotatable bonds is 2. The Labute approximate surface area is 131 Å². The van der Waals surface area contributed by atoms with E-state index in [0.717, 1.165) is 11.3 Å². The van der Waals surface area contributed by atoms with Crippen LogP contribution < -0.4 is 4.90 Å². The van der Waals surface area contributed by atoms with Crippen LogP contribution in [-0.2, 0) is 4.79 Å². The number of carbonyl (C=O) groups is 1. The van der Waals surface area contributed by atoms with Gasteiger partial charge in [-0.3, -0.25) is 9.69 Å². The molecule has 0 radical (unpaired) electrons. The van der Waals surface area contributed by atoms with E-state index in [9.17, 15) is 9.90 Å². The number of thiocarbonyl (C=S) groups is 1. The number of para-hydroxylation sites is 1. The summed E-state index contributed by atoms with van der Waals surface area (Å²) < 4.78 is 0.524. The highest BCUT2D eigenvalue weighted by atomic mass is 32.2. The van der Waals surface area contributed by atoms with Crippen LogP contribution in [0.2, 0.25) is 0 Å². The topological polar surface area (TPSA) is 40.5 Å². The van der Waals surface area contributed by atoms with E-state index in [1.165, 1.54) is 16.7 Å². The van der Waals surface area contributed by atoms with Gasteiger partial charge in [0.15, 0.2) is 4.32 Å². The maximum Gasteiger partial charge on any atom is 0.270 e. The van der Waals surface area contributed by atoms with Crippen LogP contribution >= 0.6 is 24.0 Å². The lowest BCUT2D eigenvalue weighted by Crippen LogP contribution is -2.27. The number of carbonyl (C=O) groups excluding carboxylic acids is 1. The van der Waals surface area contributed by atoms with Crippen molar-refractivity contribution >= 4 is 46.0 Å². The summed E-state index contributed by atoms with van der Waals surface area (Å²) in [6.07, 6.45) is 1.78. The molecule has 1 saturated heterocycles. The second-order valence-corrected chi connectivity index (χ2v) is 6.12. The van der Waals surface area contributed by atoms with Crippen molar-refractivity contribution in [3.8, 4) is 5.75 Å². The van der Waals surface area contributed by atoms with E-state index < -0.39 is 0 Å². The first-order chi connectivity index (χ1) is 10.1.